The number of phenolic OH excluding ortho intramolecular Hbond substituents is 2. The molecule has 11 heteroatoms. The predicted molar refractivity (Wildman–Crippen MR) is 94.4 cm³/mol. The fraction of sp³-hybridized carbons (Fsp3) is 0.125. The summed E-state index contributed by atoms with van der Waals surface area (Å²) in [7, 11) is 0. The van der Waals surface area contributed by atoms with Gasteiger partial charge >= 0.3 is 0 Å². The molecule has 0 saturated carbocycles. The minimum Gasteiger partial charge on any atom is -0.508 e. The molecule has 1 atom stereocenters. The average Bonchev–Trinajstić information content (AvgIpc) is 2.97. The summed E-state index contributed by atoms with van der Waals surface area (Å²) >= 11 is 1.22. The number of thiophene rings is 1. The van der Waals surface area contributed by atoms with E-state index in [-0.39, 0.29) is 11.5 Å². The Morgan fingerprint density at radius 1 is 1.00 bits per heavy atom. The lowest BCUT2D eigenvalue weighted by atomic mass is 10.0. The Balaban J connectivity index is 2.19. The smallest absolute Gasteiger partial charge is 0.295 e. The number of phenols is 2. The fourth-order valence-corrected chi connectivity index (χ4v) is 3.94. The highest BCUT2D eigenvalue weighted by Gasteiger charge is 2.26. The summed E-state index contributed by atoms with van der Waals surface area (Å²) in [5.41, 5.74) is 0.931. The summed E-state index contributed by atoms with van der Waals surface area (Å²) in [6, 6.07) is 10.5. The van der Waals surface area contributed by atoms with Crippen molar-refractivity contribution in [3.63, 3.8) is 0 Å². The zero-order valence-corrected chi connectivity index (χ0v) is 14.3. The quantitative estimate of drug-likeness (QED) is 0.459. The standard InChI is InChI=1S/C16H12N2O8S/c19-10-3-1-9(2-4-10)16-15(12-6-5-11(20)7-14(12)27-16)13(26-18(23)24)8-25-17(21)22/h1-7,13,19-20H,8H2. The third kappa shape index (κ3) is 3.98. The van der Waals surface area contributed by atoms with Gasteiger partial charge in [-0.1, -0.05) is 0 Å². The van der Waals surface area contributed by atoms with E-state index >= 15 is 0 Å². The molecule has 0 aliphatic rings. The van der Waals surface area contributed by atoms with Crippen LogP contribution in [-0.2, 0) is 9.68 Å². The van der Waals surface area contributed by atoms with Crippen LogP contribution >= 0.6 is 11.3 Å². The highest BCUT2D eigenvalue weighted by molar-refractivity contribution is 7.22. The van der Waals surface area contributed by atoms with Gasteiger partial charge in [0.05, 0.1) is 0 Å². The van der Waals surface area contributed by atoms with Crippen LogP contribution in [0.25, 0.3) is 20.5 Å². The maximum Gasteiger partial charge on any atom is 0.295 e. The molecule has 1 unspecified atom stereocenters. The molecule has 0 aliphatic heterocycles. The van der Waals surface area contributed by atoms with Gasteiger partial charge < -0.3 is 19.9 Å². The number of hydrogen-bond acceptors (Lipinski definition) is 9. The summed E-state index contributed by atoms with van der Waals surface area (Å²) < 4.78 is 0.603. The van der Waals surface area contributed by atoms with Crippen LogP contribution in [0.4, 0.5) is 0 Å². The Morgan fingerprint density at radius 2 is 1.67 bits per heavy atom. The first-order valence-electron chi connectivity index (χ1n) is 7.48. The molecule has 10 nitrogen and oxygen atoms in total. The van der Waals surface area contributed by atoms with Crippen LogP contribution in [-0.4, -0.2) is 27.0 Å². The molecule has 2 aromatic carbocycles. The van der Waals surface area contributed by atoms with Gasteiger partial charge in [-0.3, -0.25) is 0 Å². The number of benzene rings is 2. The van der Waals surface area contributed by atoms with E-state index in [1.807, 2.05) is 0 Å². The third-order valence-electron chi connectivity index (χ3n) is 3.71. The van der Waals surface area contributed by atoms with Crippen molar-refractivity contribution >= 4 is 21.4 Å². The molecule has 1 aromatic heterocycles. The summed E-state index contributed by atoms with van der Waals surface area (Å²) in [6.07, 6.45) is -1.37. The molecule has 0 saturated heterocycles. The van der Waals surface area contributed by atoms with Gasteiger partial charge in [-0.25, -0.2) is 0 Å². The molecule has 3 rings (SSSR count). The lowest BCUT2D eigenvalue weighted by Crippen LogP contribution is -2.18. The number of fused-ring (bicyclic) bond motifs is 1. The van der Waals surface area contributed by atoms with Crippen molar-refractivity contribution in [3.8, 4) is 21.9 Å². The normalized spacial score (nSPS) is 11.9. The van der Waals surface area contributed by atoms with Crippen LogP contribution in [0.3, 0.4) is 0 Å². The van der Waals surface area contributed by atoms with Crippen LogP contribution in [0.5, 0.6) is 11.5 Å². The van der Waals surface area contributed by atoms with Gasteiger partial charge in [0.15, 0.2) is 6.10 Å². The summed E-state index contributed by atoms with van der Waals surface area (Å²) in [6.45, 7) is -0.689. The van der Waals surface area contributed by atoms with Crippen molar-refractivity contribution in [1.82, 2.24) is 0 Å². The predicted octanol–water partition coefficient (Wildman–Crippen LogP) is 3.44. The Bertz CT molecular complexity index is 1000. The van der Waals surface area contributed by atoms with E-state index < -0.39 is 22.9 Å². The molecular weight excluding hydrogens is 380 g/mol. The lowest BCUT2D eigenvalue weighted by molar-refractivity contribution is -0.792. The fourth-order valence-electron chi connectivity index (χ4n) is 2.65. The summed E-state index contributed by atoms with van der Waals surface area (Å²) in [4.78, 5) is 31.0. The molecule has 0 spiro atoms. The van der Waals surface area contributed by atoms with Gasteiger partial charge in [0, 0.05) is 15.1 Å². The molecule has 1 heterocycles. The molecule has 0 amide bonds. The Kier molecular flexibility index (Phi) is 4.94. The lowest BCUT2D eigenvalue weighted by Gasteiger charge is -2.16. The maximum absolute atomic E-state index is 10.9. The van der Waals surface area contributed by atoms with E-state index in [0.29, 0.717) is 26.1 Å². The number of aromatic hydroxyl groups is 2. The van der Waals surface area contributed by atoms with Crippen LogP contribution < -0.4 is 0 Å². The highest BCUT2D eigenvalue weighted by atomic mass is 32.1. The number of hydrogen-bond donors (Lipinski definition) is 2. The Hall–Kier alpha value is -3.60. The molecule has 0 radical (unpaired) electrons. The van der Waals surface area contributed by atoms with Gasteiger partial charge in [0.1, 0.15) is 18.1 Å². The monoisotopic (exact) mass is 392 g/mol. The van der Waals surface area contributed by atoms with Crippen LogP contribution in [0.15, 0.2) is 42.5 Å². The van der Waals surface area contributed by atoms with Crippen molar-refractivity contribution in [1.29, 1.82) is 0 Å². The zero-order valence-electron chi connectivity index (χ0n) is 13.5. The van der Waals surface area contributed by atoms with Crippen LogP contribution in [0, 0.1) is 20.2 Å². The van der Waals surface area contributed by atoms with Gasteiger partial charge in [0.2, 0.25) is 0 Å². The molecular formula is C16H12N2O8S. The summed E-state index contributed by atoms with van der Waals surface area (Å²) in [5, 5.41) is 39.1. The summed E-state index contributed by atoms with van der Waals surface area (Å²) in [5.74, 6) is 0.0367. The molecule has 2 N–H and O–H groups in total. The van der Waals surface area contributed by atoms with Crippen molar-refractivity contribution in [3.05, 3.63) is 68.3 Å². The van der Waals surface area contributed by atoms with E-state index in [2.05, 4.69) is 9.68 Å². The number of rotatable bonds is 7. The topological polar surface area (TPSA) is 145 Å². The van der Waals surface area contributed by atoms with Crippen molar-refractivity contribution < 1.29 is 30.1 Å². The first kappa shape index (κ1) is 18.2. The first-order chi connectivity index (χ1) is 12.8. The molecule has 0 aliphatic carbocycles. The Morgan fingerprint density at radius 3 is 2.30 bits per heavy atom. The van der Waals surface area contributed by atoms with E-state index in [0.717, 1.165) is 0 Å². The largest absolute Gasteiger partial charge is 0.508 e. The van der Waals surface area contributed by atoms with E-state index in [4.69, 9.17) is 0 Å². The average molecular weight is 392 g/mol. The minimum atomic E-state index is -1.37. The van der Waals surface area contributed by atoms with Gasteiger partial charge in [-0.2, -0.15) is 0 Å². The Labute approximate surface area is 155 Å². The van der Waals surface area contributed by atoms with Crippen LogP contribution in [0.2, 0.25) is 0 Å². The second-order valence-electron chi connectivity index (χ2n) is 5.41. The van der Waals surface area contributed by atoms with E-state index in [1.165, 1.54) is 35.6 Å². The second kappa shape index (κ2) is 7.33. The van der Waals surface area contributed by atoms with Crippen molar-refractivity contribution in [2.75, 3.05) is 6.61 Å². The molecule has 3 aromatic rings. The van der Waals surface area contributed by atoms with Crippen LogP contribution in [0.1, 0.15) is 11.7 Å². The van der Waals surface area contributed by atoms with Gasteiger partial charge in [-0.15, -0.1) is 31.6 Å². The molecule has 27 heavy (non-hydrogen) atoms. The second-order valence-corrected chi connectivity index (χ2v) is 6.46. The molecule has 140 valence electrons. The van der Waals surface area contributed by atoms with Gasteiger partial charge in [0.25, 0.3) is 10.2 Å². The van der Waals surface area contributed by atoms with E-state index in [1.54, 1.807) is 18.2 Å². The molecule has 0 fully saturated rings. The number of nitrogens with zero attached hydrogens (tertiary/aromatic N) is 2. The molecule has 0 bridgehead atoms. The van der Waals surface area contributed by atoms with Gasteiger partial charge in [-0.05, 0) is 53.4 Å². The SMILES string of the molecule is O=[N+]([O-])OCC(O[N+](=O)[O-])c1c(-c2ccc(O)cc2)sc2cc(O)ccc12. The van der Waals surface area contributed by atoms with Crippen molar-refractivity contribution in [2.45, 2.75) is 6.10 Å². The van der Waals surface area contributed by atoms with Crippen molar-refractivity contribution in [2.24, 2.45) is 0 Å². The maximum atomic E-state index is 10.9. The highest BCUT2D eigenvalue weighted by Crippen LogP contribution is 2.44. The minimum absolute atomic E-state index is 0.000780. The zero-order chi connectivity index (χ0) is 19.6. The third-order valence-corrected chi connectivity index (χ3v) is 4.93. The first-order valence-corrected chi connectivity index (χ1v) is 8.30. The van der Waals surface area contributed by atoms with E-state index in [9.17, 15) is 30.4 Å².